The van der Waals surface area contributed by atoms with Gasteiger partial charge in [0.2, 0.25) is 0 Å². The molecule has 0 N–H and O–H groups in total. The van der Waals surface area contributed by atoms with Gasteiger partial charge in [-0.3, -0.25) is 9.55 Å². The number of nitrogens with zero attached hydrogens (tertiary/aromatic N) is 3. The molecule has 2 heterocycles. The number of hydrogen-bond acceptors (Lipinski definition) is 3. The van der Waals surface area contributed by atoms with Crippen molar-refractivity contribution in [1.29, 1.82) is 0 Å². The summed E-state index contributed by atoms with van der Waals surface area (Å²) in [5, 5.41) is 0. The van der Waals surface area contributed by atoms with Crippen LogP contribution < -0.4 is 4.74 Å². The third kappa shape index (κ3) is 2.78. The number of rotatable bonds is 4. The van der Waals surface area contributed by atoms with Crippen molar-refractivity contribution in [2.24, 2.45) is 0 Å². The Morgan fingerprint density at radius 2 is 1.60 bits per heavy atom. The van der Waals surface area contributed by atoms with Crippen LogP contribution in [-0.2, 0) is 0 Å². The zero-order valence-corrected chi connectivity index (χ0v) is 13.8. The van der Waals surface area contributed by atoms with E-state index in [0.29, 0.717) is 0 Å². The highest BCUT2D eigenvalue weighted by Crippen LogP contribution is 2.35. The lowest BCUT2D eigenvalue weighted by molar-refractivity contribution is 0.416. The molecule has 0 bridgehead atoms. The van der Waals surface area contributed by atoms with Gasteiger partial charge in [-0.2, -0.15) is 0 Å². The SMILES string of the molecule is COc1ccccc1-c1ccncc1-n1cncc1-c1ccccc1. The van der Waals surface area contributed by atoms with E-state index in [2.05, 4.69) is 32.7 Å². The van der Waals surface area contributed by atoms with Gasteiger partial charge in [-0.25, -0.2) is 4.98 Å². The molecule has 0 saturated heterocycles. The van der Waals surface area contributed by atoms with Crippen molar-refractivity contribution < 1.29 is 4.74 Å². The minimum atomic E-state index is 0.830. The molecule has 4 rings (SSSR count). The minimum absolute atomic E-state index is 0.830. The van der Waals surface area contributed by atoms with Crippen LogP contribution in [0.5, 0.6) is 5.75 Å². The van der Waals surface area contributed by atoms with Crippen LogP contribution >= 0.6 is 0 Å². The van der Waals surface area contributed by atoms with Gasteiger partial charge >= 0.3 is 0 Å². The maximum atomic E-state index is 5.54. The van der Waals surface area contributed by atoms with E-state index in [-0.39, 0.29) is 0 Å². The summed E-state index contributed by atoms with van der Waals surface area (Å²) < 4.78 is 7.60. The normalized spacial score (nSPS) is 10.6. The van der Waals surface area contributed by atoms with Crippen LogP contribution in [0.1, 0.15) is 0 Å². The van der Waals surface area contributed by atoms with Gasteiger partial charge in [0.05, 0.1) is 37.2 Å². The molecule has 25 heavy (non-hydrogen) atoms. The van der Waals surface area contributed by atoms with E-state index in [1.165, 1.54) is 0 Å². The van der Waals surface area contributed by atoms with E-state index in [1.54, 1.807) is 13.3 Å². The second kappa shape index (κ2) is 6.61. The van der Waals surface area contributed by atoms with E-state index in [0.717, 1.165) is 33.8 Å². The van der Waals surface area contributed by atoms with Crippen molar-refractivity contribution in [3.63, 3.8) is 0 Å². The molecule has 0 aliphatic heterocycles. The smallest absolute Gasteiger partial charge is 0.126 e. The molecule has 0 aliphatic rings. The fourth-order valence-corrected chi connectivity index (χ4v) is 2.98. The summed E-state index contributed by atoms with van der Waals surface area (Å²) >= 11 is 0. The van der Waals surface area contributed by atoms with E-state index < -0.39 is 0 Å². The van der Waals surface area contributed by atoms with Crippen molar-refractivity contribution in [3.8, 4) is 33.8 Å². The quantitative estimate of drug-likeness (QED) is 0.549. The Labute approximate surface area is 146 Å². The van der Waals surface area contributed by atoms with E-state index in [9.17, 15) is 0 Å². The molecule has 4 nitrogen and oxygen atoms in total. The highest BCUT2D eigenvalue weighted by atomic mass is 16.5. The van der Waals surface area contributed by atoms with Crippen molar-refractivity contribution in [1.82, 2.24) is 14.5 Å². The summed E-state index contributed by atoms with van der Waals surface area (Å²) in [4.78, 5) is 8.68. The molecule has 0 saturated carbocycles. The van der Waals surface area contributed by atoms with E-state index >= 15 is 0 Å². The summed E-state index contributed by atoms with van der Waals surface area (Å²) in [5.41, 5.74) is 5.15. The standard InChI is InChI=1S/C21H17N3O/c1-25-21-10-6-5-9-18(21)17-11-12-22-14-20(17)24-15-23-13-19(24)16-7-3-2-4-8-16/h2-15H,1H3. The number of methoxy groups -OCH3 is 1. The predicted octanol–water partition coefficient (Wildman–Crippen LogP) is 4.61. The average Bonchev–Trinajstić information content (AvgIpc) is 3.18. The molecule has 0 aliphatic carbocycles. The summed E-state index contributed by atoms with van der Waals surface area (Å²) in [6, 6.07) is 20.2. The zero-order valence-electron chi connectivity index (χ0n) is 13.8. The molecule has 0 atom stereocenters. The molecule has 0 unspecified atom stereocenters. The number of aromatic nitrogens is 3. The van der Waals surface area contributed by atoms with Crippen LogP contribution in [0.4, 0.5) is 0 Å². The topological polar surface area (TPSA) is 39.9 Å². The van der Waals surface area contributed by atoms with Gasteiger partial charge in [0.1, 0.15) is 5.75 Å². The van der Waals surface area contributed by atoms with Crippen molar-refractivity contribution in [2.75, 3.05) is 7.11 Å². The van der Waals surface area contributed by atoms with Crippen molar-refractivity contribution in [2.45, 2.75) is 0 Å². The Bertz CT molecular complexity index is 993. The zero-order chi connectivity index (χ0) is 17.1. The molecular formula is C21H17N3O. The van der Waals surface area contributed by atoms with Gasteiger partial charge in [0.25, 0.3) is 0 Å². The summed E-state index contributed by atoms with van der Waals surface area (Å²) in [7, 11) is 1.69. The fraction of sp³-hybridized carbons (Fsp3) is 0.0476. The van der Waals surface area contributed by atoms with Crippen molar-refractivity contribution in [3.05, 3.63) is 85.6 Å². The van der Waals surface area contributed by atoms with Crippen LogP contribution in [0.3, 0.4) is 0 Å². The molecule has 2 aromatic heterocycles. The number of pyridine rings is 1. The Morgan fingerprint density at radius 1 is 0.800 bits per heavy atom. The molecule has 4 heteroatoms. The molecule has 0 radical (unpaired) electrons. The molecule has 4 aromatic rings. The van der Waals surface area contributed by atoms with Crippen LogP contribution in [0.2, 0.25) is 0 Å². The lowest BCUT2D eigenvalue weighted by Crippen LogP contribution is -2.00. The largest absolute Gasteiger partial charge is 0.496 e. The Morgan fingerprint density at radius 3 is 2.44 bits per heavy atom. The lowest BCUT2D eigenvalue weighted by Gasteiger charge is -2.15. The summed E-state index contributed by atoms with van der Waals surface area (Å²) in [5.74, 6) is 0.830. The number of benzene rings is 2. The number of para-hydroxylation sites is 1. The maximum Gasteiger partial charge on any atom is 0.126 e. The maximum absolute atomic E-state index is 5.54. The third-order valence-electron chi connectivity index (χ3n) is 4.16. The van der Waals surface area contributed by atoms with Gasteiger partial charge in [0, 0.05) is 22.9 Å². The van der Waals surface area contributed by atoms with E-state index in [1.807, 2.05) is 61.2 Å². The highest BCUT2D eigenvalue weighted by molar-refractivity contribution is 5.78. The third-order valence-corrected chi connectivity index (χ3v) is 4.16. The molecule has 122 valence electrons. The molecule has 0 fully saturated rings. The van der Waals surface area contributed by atoms with Gasteiger partial charge in [-0.05, 0) is 12.1 Å². The predicted molar refractivity (Wildman–Crippen MR) is 98.8 cm³/mol. The van der Waals surface area contributed by atoms with Gasteiger partial charge < -0.3 is 4.74 Å². The summed E-state index contributed by atoms with van der Waals surface area (Å²) in [6.07, 6.45) is 7.34. The van der Waals surface area contributed by atoms with Crippen LogP contribution in [-0.4, -0.2) is 21.6 Å². The first-order valence-electron chi connectivity index (χ1n) is 8.04. The van der Waals surface area contributed by atoms with Gasteiger partial charge in [-0.15, -0.1) is 0 Å². The van der Waals surface area contributed by atoms with Crippen LogP contribution in [0, 0.1) is 0 Å². The number of ether oxygens (including phenoxy) is 1. The van der Waals surface area contributed by atoms with Crippen LogP contribution in [0.25, 0.3) is 28.1 Å². The first-order chi connectivity index (χ1) is 12.4. The molecule has 2 aromatic carbocycles. The van der Waals surface area contributed by atoms with Gasteiger partial charge in [-0.1, -0.05) is 48.5 Å². The second-order valence-corrected chi connectivity index (χ2v) is 5.61. The van der Waals surface area contributed by atoms with Gasteiger partial charge in [0.15, 0.2) is 0 Å². The Hall–Kier alpha value is -3.40. The molecule has 0 spiro atoms. The molecule has 0 amide bonds. The fourth-order valence-electron chi connectivity index (χ4n) is 2.98. The van der Waals surface area contributed by atoms with E-state index in [4.69, 9.17) is 4.74 Å². The average molecular weight is 327 g/mol. The Balaban J connectivity index is 1.91. The number of hydrogen-bond donors (Lipinski definition) is 0. The summed E-state index contributed by atoms with van der Waals surface area (Å²) in [6.45, 7) is 0. The van der Waals surface area contributed by atoms with Crippen molar-refractivity contribution >= 4 is 0 Å². The Kier molecular flexibility index (Phi) is 4.01. The first-order valence-corrected chi connectivity index (χ1v) is 8.04. The first kappa shape index (κ1) is 15.1. The minimum Gasteiger partial charge on any atom is -0.496 e. The monoisotopic (exact) mass is 327 g/mol. The van der Waals surface area contributed by atoms with Crippen LogP contribution in [0.15, 0.2) is 85.6 Å². The lowest BCUT2D eigenvalue weighted by atomic mass is 10.0. The highest BCUT2D eigenvalue weighted by Gasteiger charge is 2.14. The second-order valence-electron chi connectivity index (χ2n) is 5.61. The number of imidazole rings is 1. The molecular weight excluding hydrogens is 310 g/mol.